The van der Waals surface area contributed by atoms with E-state index < -0.39 is 0 Å². The normalized spacial score (nSPS) is 11.8. The molecule has 10 aromatic rings. The van der Waals surface area contributed by atoms with Gasteiger partial charge < -0.3 is 8.98 Å². The van der Waals surface area contributed by atoms with Crippen LogP contribution in [0.1, 0.15) is 5.56 Å². The number of furan rings is 1. The summed E-state index contributed by atoms with van der Waals surface area (Å²) in [5.41, 5.74) is 10.6. The summed E-state index contributed by atoms with van der Waals surface area (Å²) in [4.78, 5) is 0. The fraction of sp³-hybridized carbons (Fsp3) is 0. The Hall–Kier alpha value is -6.15. The van der Waals surface area contributed by atoms with Crippen LogP contribution in [-0.4, -0.2) is 4.57 Å². The maximum atomic E-state index is 9.69. The molecule has 3 heterocycles. The Morgan fingerprint density at radius 1 is 0.511 bits per heavy atom. The molecule has 0 saturated heterocycles. The van der Waals surface area contributed by atoms with Crippen molar-refractivity contribution in [2.24, 2.45) is 0 Å². The van der Waals surface area contributed by atoms with E-state index in [4.69, 9.17) is 4.42 Å². The largest absolute Gasteiger partial charge is 0.456 e. The van der Waals surface area contributed by atoms with Gasteiger partial charge in [0.2, 0.25) is 0 Å². The van der Waals surface area contributed by atoms with Gasteiger partial charge in [-0.25, -0.2) is 0 Å². The molecule has 0 saturated carbocycles. The van der Waals surface area contributed by atoms with Gasteiger partial charge in [-0.15, -0.1) is 11.3 Å². The Morgan fingerprint density at radius 2 is 1.26 bits per heavy atom. The van der Waals surface area contributed by atoms with Crippen LogP contribution in [0.25, 0.3) is 91.9 Å². The zero-order valence-corrected chi connectivity index (χ0v) is 25.9. The first-order valence-electron chi connectivity index (χ1n) is 15.7. The second-order valence-corrected chi connectivity index (χ2v) is 13.0. The van der Waals surface area contributed by atoms with Crippen LogP contribution < -0.4 is 0 Å². The lowest BCUT2D eigenvalue weighted by Crippen LogP contribution is -1.93. The number of thiophene rings is 1. The molecule has 0 aliphatic carbocycles. The molecule has 0 aliphatic heterocycles. The number of hydrogen-bond donors (Lipinski definition) is 0. The summed E-state index contributed by atoms with van der Waals surface area (Å²) in [5, 5.41) is 16.7. The molecule has 3 aromatic heterocycles. The number of rotatable bonds is 3. The van der Waals surface area contributed by atoms with E-state index in [1.54, 1.807) is 0 Å². The van der Waals surface area contributed by atoms with Crippen LogP contribution in [0, 0.1) is 11.3 Å². The smallest absolute Gasteiger partial charge is 0.136 e. The lowest BCUT2D eigenvalue weighted by atomic mass is 9.94. The maximum Gasteiger partial charge on any atom is 0.136 e. The average Bonchev–Trinajstić information content (AvgIpc) is 3.81. The fourth-order valence-electron chi connectivity index (χ4n) is 7.34. The van der Waals surface area contributed by atoms with Crippen LogP contribution in [-0.2, 0) is 0 Å². The predicted molar refractivity (Wildman–Crippen MR) is 197 cm³/mol. The Kier molecular flexibility index (Phi) is 5.51. The van der Waals surface area contributed by atoms with Crippen molar-refractivity contribution in [3.63, 3.8) is 0 Å². The first kappa shape index (κ1) is 26.1. The van der Waals surface area contributed by atoms with Gasteiger partial charge in [-0.2, -0.15) is 5.26 Å². The van der Waals surface area contributed by atoms with Crippen LogP contribution in [0.3, 0.4) is 0 Å². The number of nitrogens with zero attached hydrogens (tertiary/aromatic N) is 2. The van der Waals surface area contributed by atoms with E-state index in [-0.39, 0.29) is 0 Å². The van der Waals surface area contributed by atoms with Gasteiger partial charge in [0, 0.05) is 37.0 Å². The molecule has 47 heavy (non-hydrogen) atoms. The molecule has 0 bridgehead atoms. The molecule has 7 aromatic carbocycles. The third-order valence-electron chi connectivity index (χ3n) is 9.44. The van der Waals surface area contributed by atoms with Gasteiger partial charge in [-0.3, -0.25) is 0 Å². The molecule has 0 amide bonds. The summed E-state index contributed by atoms with van der Waals surface area (Å²) < 4.78 is 11.2. The topological polar surface area (TPSA) is 41.9 Å². The van der Waals surface area contributed by atoms with Crippen LogP contribution in [0.4, 0.5) is 0 Å². The highest BCUT2D eigenvalue weighted by Gasteiger charge is 2.21. The lowest BCUT2D eigenvalue weighted by molar-refractivity contribution is 0.669. The molecule has 0 aliphatic rings. The zero-order valence-electron chi connectivity index (χ0n) is 25.1. The van der Waals surface area contributed by atoms with E-state index in [0.29, 0.717) is 5.56 Å². The Labute approximate surface area is 273 Å². The van der Waals surface area contributed by atoms with Gasteiger partial charge in [0.1, 0.15) is 11.2 Å². The number of para-hydroxylation sites is 2. The monoisotopic (exact) mass is 616 g/mol. The summed E-state index contributed by atoms with van der Waals surface area (Å²) >= 11 is 1.85. The first-order valence-corrected chi connectivity index (χ1v) is 16.5. The Balaban J connectivity index is 1.30. The highest BCUT2D eigenvalue weighted by molar-refractivity contribution is 7.27. The zero-order chi connectivity index (χ0) is 31.1. The summed E-state index contributed by atoms with van der Waals surface area (Å²) in [6.07, 6.45) is 0. The quantitative estimate of drug-likeness (QED) is 0.198. The third kappa shape index (κ3) is 3.78. The predicted octanol–water partition coefficient (Wildman–Crippen LogP) is 12.3. The summed E-state index contributed by atoms with van der Waals surface area (Å²) in [7, 11) is 0. The molecule has 0 fully saturated rings. The van der Waals surface area contributed by atoms with Crippen molar-refractivity contribution >= 4 is 75.3 Å². The van der Waals surface area contributed by atoms with Gasteiger partial charge in [-0.05, 0) is 70.8 Å². The number of fused-ring (bicyclic) bond motifs is 9. The molecular formula is C43H24N2OS. The number of benzene rings is 7. The average molecular weight is 617 g/mol. The lowest BCUT2D eigenvalue weighted by Gasteiger charge is -2.10. The second kappa shape index (κ2) is 9.92. The van der Waals surface area contributed by atoms with Crippen molar-refractivity contribution in [2.75, 3.05) is 0 Å². The molecular weight excluding hydrogens is 593 g/mol. The summed E-state index contributed by atoms with van der Waals surface area (Å²) in [6, 6.07) is 53.6. The maximum absolute atomic E-state index is 9.69. The third-order valence-corrected chi connectivity index (χ3v) is 10.7. The minimum atomic E-state index is 0.666. The standard InChI is InChI=1S/C43H24N2OS/c44-25-26-17-22-37-35(23-26)31-11-4-6-14-36(31)45(37)38-15-8-13-34-41-29(20-21-30(43(41)47-42(34)38)27-9-2-1-3-10-27)28-18-19-33-32-12-5-7-16-39(32)46-40(33)24-28/h1-24H. The van der Waals surface area contributed by atoms with Gasteiger partial charge in [-0.1, -0.05) is 97.1 Å². The summed E-state index contributed by atoms with van der Waals surface area (Å²) in [5.74, 6) is 0. The van der Waals surface area contributed by atoms with Crippen LogP contribution in [0.2, 0.25) is 0 Å². The molecule has 0 radical (unpaired) electrons. The van der Waals surface area contributed by atoms with Crippen molar-refractivity contribution in [1.29, 1.82) is 5.26 Å². The van der Waals surface area contributed by atoms with Gasteiger partial charge in [0.05, 0.1) is 33.1 Å². The van der Waals surface area contributed by atoms with Crippen molar-refractivity contribution in [3.05, 3.63) is 151 Å². The van der Waals surface area contributed by atoms with Gasteiger partial charge in [0.25, 0.3) is 0 Å². The number of aromatic nitrogens is 1. The molecule has 0 atom stereocenters. The fourth-order valence-corrected chi connectivity index (χ4v) is 8.71. The van der Waals surface area contributed by atoms with E-state index in [2.05, 4.69) is 132 Å². The molecule has 0 unspecified atom stereocenters. The molecule has 4 heteroatoms. The van der Waals surface area contributed by atoms with Gasteiger partial charge in [0.15, 0.2) is 0 Å². The number of hydrogen-bond acceptors (Lipinski definition) is 3. The van der Waals surface area contributed by atoms with E-state index in [1.807, 2.05) is 35.6 Å². The van der Waals surface area contributed by atoms with Crippen molar-refractivity contribution < 1.29 is 4.42 Å². The minimum absolute atomic E-state index is 0.666. The van der Waals surface area contributed by atoms with E-state index in [1.165, 1.54) is 36.9 Å². The highest BCUT2D eigenvalue weighted by atomic mass is 32.1. The Bertz CT molecular complexity index is 2920. The van der Waals surface area contributed by atoms with Crippen molar-refractivity contribution in [1.82, 2.24) is 4.57 Å². The van der Waals surface area contributed by atoms with Crippen molar-refractivity contribution in [2.45, 2.75) is 0 Å². The van der Waals surface area contributed by atoms with Crippen LogP contribution in [0.5, 0.6) is 0 Å². The SMILES string of the molecule is N#Cc1ccc2c(c1)c1ccccc1n2-c1cccc2c1sc1c(-c3ccccc3)ccc(-c3ccc4c(c3)oc3ccccc34)c12. The van der Waals surface area contributed by atoms with E-state index in [0.717, 1.165) is 55.0 Å². The highest BCUT2D eigenvalue weighted by Crippen LogP contribution is 2.48. The number of nitriles is 1. The second-order valence-electron chi connectivity index (χ2n) is 12.0. The minimum Gasteiger partial charge on any atom is -0.456 e. The molecule has 3 nitrogen and oxygen atoms in total. The Morgan fingerprint density at radius 3 is 2.15 bits per heavy atom. The molecule has 10 rings (SSSR count). The van der Waals surface area contributed by atoms with E-state index in [9.17, 15) is 5.26 Å². The van der Waals surface area contributed by atoms with Crippen molar-refractivity contribution in [3.8, 4) is 34.0 Å². The molecule has 218 valence electrons. The van der Waals surface area contributed by atoms with Gasteiger partial charge >= 0.3 is 0 Å². The summed E-state index contributed by atoms with van der Waals surface area (Å²) in [6.45, 7) is 0. The molecule has 0 N–H and O–H groups in total. The first-order chi connectivity index (χ1) is 23.3. The van der Waals surface area contributed by atoms with Crippen LogP contribution >= 0.6 is 11.3 Å². The van der Waals surface area contributed by atoms with E-state index >= 15 is 0 Å². The van der Waals surface area contributed by atoms with Crippen LogP contribution in [0.15, 0.2) is 150 Å². The molecule has 0 spiro atoms.